The summed E-state index contributed by atoms with van der Waals surface area (Å²) < 4.78 is 0. The van der Waals surface area contributed by atoms with E-state index in [-0.39, 0.29) is 5.91 Å². The molecule has 0 bridgehead atoms. The van der Waals surface area contributed by atoms with Crippen LogP contribution in [0.1, 0.15) is 21.5 Å². The van der Waals surface area contributed by atoms with Gasteiger partial charge < -0.3 is 20.7 Å². The number of aliphatic hydroxyl groups excluding tert-OH is 1. The van der Waals surface area contributed by atoms with Crippen LogP contribution in [0.2, 0.25) is 0 Å². The third-order valence-electron chi connectivity index (χ3n) is 5.14. The quantitative estimate of drug-likeness (QED) is 0.415. The van der Waals surface area contributed by atoms with Crippen LogP contribution in [0.15, 0.2) is 79.0 Å². The van der Waals surface area contributed by atoms with Crippen LogP contribution in [0, 0.1) is 0 Å². The van der Waals surface area contributed by atoms with Crippen molar-refractivity contribution in [1.82, 2.24) is 4.98 Å². The molecule has 5 rings (SSSR count). The summed E-state index contributed by atoms with van der Waals surface area (Å²) >= 11 is 0. The lowest BCUT2D eigenvalue weighted by Crippen LogP contribution is -2.12. The summed E-state index contributed by atoms with van der Waals surface area (Å²) in [6, 6.07) is 22.8. The minimum absolute atomic E-state index is 0.161. The maximum absolute atomic E-state index is 12.7. The van der Waals surface area contributed by atoms with Gasteiger partial charge in [0.2, 0.25) is 0 Å². The molecule has 4 aromatic rings. The van der Waals surface area contributed by atoms with E-state index >= 15 is 0 Å². The van der Waals surface area contributed by atoms with Gasteiger partial charge in [-0.3, -0.25) is 4.79 Å². The number of rotatable bonds is 3. The average molecular weight is 381 g/mol. The van der Waals surface area contributed by atoms with Crippen LogP contribution in [-0.2, 0) is 0 Å². The molecular weight excluding hydrogens is 362 g/mol. The van der Waals surface area contributed by atoms with Gasteiger partial charge in [-0.05, 0) is 42.5 Å². The molecule has 1 aliphatic heterocycles. The zero-order valence-corrected chi connectivity index (χ0v) is 15.5. The van der Waals surface area contributed by atoms with Crippen LogP contribution in [-0.4, -0.2) is 22.2 Å². The monoisotopic (exact) mass is 381 g/mol. The van der Waals surface area contributed by atoms with E-state index in [1.54, 1.807) is 6.07 Å². The molecule has 4 N–H and O–H groups in total. The zero-order chi connectivity index (χ0) is 19.8. The molecule has 0 spiro atoms. The summed E-state index contributed by atoms with van der Waals surface area (Å²) in [6.45, 7) is 0. The van der Waals surface area contributed by atoms with Gasteiger partial charge in [-0.1, -0.05) is 36.4 Å². The first kappa shape index (κ1) is 17.3. The third-order valence-corrected chi connectivity index (χ3v) is 5.14. The minimum Gasteiger partial charge on any atom is -0.369 e. The average Bonchev–Trinajstić information content (AvgIpc) is 3.29. The van der Waals surface area contributed by atoms with Crippen LogP contribution in [0.4, 0.5) is 11.4 Å². The standard InChI is InChI=1S/C24H19N3O2/c28-23(26-17-6-2-1-3-7-17)15-10-11-21-19(12-15)16(14-25-21)13-20-18-8-4-5-9-22(18)27-24(20)29/h1-14,24-25,27,29H,(H,26,28). The number of nitrogens with one attached hydrogen (secondary N) is 3. The van der Waals surface area contributed by atoms with Crippen LogP contribution in [0.25, 0.3) is 22.6 Å². The van der Waals surface area contributed by atoms with Gasteiger partial charge in [-0.25, -0.2) is 0 Å². The van der Waals surface area contributed by atoms with Crippen LogP contribution >= 0.6 is 0 Å². The molecule has 0 saturated heterocycles. The van der Waals surface area contributed by atoms with Gasteiger partial charge in [0.05, 0.1) is 0 Å². The number of H-pyrrole nitrogens is 1. The van der Waals surface area contributed by atoms with E-state index in [0.29, 0.717) is 5.56 Å². The van der Waals surface area contributed by atoms with Crippen molar-refractivity contribution in [2.24, 2.45) is 0 Å². The number of aromatic amines is 1. The van der Waals surface area contributed by atoms with Gasteiger partial charge in [0.15, 0.2) is 6.23 Å². The Balaban J connectivity index is 1.51. The highest BCUT2D eigenvalue weighted by molar-refractivity contribution is 6.07. The number of aromatic nitrogens is 1. The second-order valence-electron chi connectivity index (χ2n) is 7.02. The van der Waals surface area contributed by atoms with Gasteiger partial charge in [0, 0.05) is 50.7 Å². The number of anilines is 2. The molecule has 0 radical (unpaired) electrons. The largest absolute Gasteiger partial charge is 0.369 e. The fourth-order valence-corrected chi connectivity index (χ4v) is 3.68. The van der Waals surface area contributed by atoms with E-state index in [0.717, 1.165) is 39.0 Å². The van der Waals surface area contributed by atoms with Gasteiger partial charge in [0.25, 0.3) is 5.91 Å². The SMILES string of the molecule is O=C(Nc1ccccc1)c1ccc2[nH]cc(C=C3c4ccccc4NC3O)c2c1. The number of carbonyl (C=O) groups excluding carboxylic acids is 1. The first-order valence-corrected chi connectivity index (χ1v) is 9.42. The van der Waals surface area contributed by atoms with E-state index in [2.05, 4.69) is 15.6 Å². The molecule has 0 aliphatic carbocycles. The molecule has 5 heteroatoms. The summed E-state index contributed by atoms with van der Waals surface area (Å²) in [5.74, 6) is -0.161. The molecule has 142 valence electrons. The molecule has 0 fully saturated rings. The highest BCUT2D eigenvalue weighted by Crippen LogP contribution is 2.36. The number of hydrogen-bond donors (Lipinski definition) is 4. The van der Waals surface area contributed by atoms with Gasteiger partial charge in [-0.15, -0.1) is 0 Å². The molecule has 1 unspecified atom stereocenters. The molecule has 29 heavy (non-hydrogen) atoms. The van der Waals surface area contributed by atoms with E-state index in [1.807, 2.05) is 79.0 Å². The number of benzene rings is 3. The van der Waals surface area contributed by atoms with Crippen molar-refractivity contribution in [2.75, 3.05) is 10.6 Å². The number of hydrogen-bond acceptors (Lipinski definition) is 3. The summed E-state index contributed by atoms with van der Waals surface area (Å²) in [7, 11) is 0. The molecule has 5 nitrogen and oxygen atoms in total. The highest BCUT2D eigenvalue weighted by Gasteiger charge is 2.24. The summed E-state index contributed by atoms with van der Waals surface area (Å²) in [5.41, 5.74) is 5.88. The Kier molecular flexibility index (Phi) is 4.15. The predicted octanol–water partition coefficient (Wildman–Crippen LogP) is 4.70. The summed E-state index contributed by atoms with van der Waals surface area (Å²) in [5, 5.41) is 17.4. The molecule has 1 atom stereocenters. The summed E-state index contributed by atoms with van der Waals surface area (Å²) in [4.78, 5) is 15.9. The van der Waals surface area contributed by atoms with Crippen LogP contribution in [0.5, 0.6) is 0 Å². The van der Waals surface area contributed by atoms with Crippen molar-refractivity contribution < 1.29 is 9.90 Å². The molecule has 3 aromatic carbocycles. The van der Waals surface area contributed by atoms with E-state index < -0.39 is 6.23 Å². The number of fused-ring (bicyclic) bond motifs is 2. The Hall–Kier alpha value is -3.83. The third kappa shape index (κ3) is 3.17. The molecule has 0 saturated carbocycles. The topological polar surface area (TPSA) is 77.2 Å². The fraction of sp³-hybridized carbons (Fsp3) is 0.0417. The van der Waals surface area contributed by atoms with Crippen molar-refractivity contribution in [1.29, 1.82) is 0 Å². The van der Waals surface area contributed by atoms with E-state index in [1.165, 1.54) is 0 Å². The molecule has 1 amide bonds. The van der Waals surface area contributed by atoms with Crippen molar-refractivity contribution in [3.05, 3.63) is 95.7 Å². The predicted molar refractivity (Wildman–Crippen MR) is 117 cm³/mol. The van der Waals surface area contributed by atoms with Gasteiger partial charge >= 0.3 is 0 Å². The maximum atomic E-state index is 12.7. The Morgan fingerprint density at radius 3 is 2.66 bits per heavy atom. The first-order valence-electron chi connectivity index (χ1n) is 9.42. The normalized spacial score (nSPS) is 16.6. The minimum atomic E-state index is -0.762. The molecule has 2 heterocycles. The molecule has 1 aliphatic rings. The number of carbonyl (C=O) groups is 1. The highest BCUT2D eigenvalue weighted by atomic mass is 16.3. The number of para-hydroxylation sites is 2. The first-order chi connectivity index (χ1) is 14.2. The lowest BCUT2D eigenvalue weighted by Gasteiger charge is -2.06. The second-order valence-corrected chi connectivity index (χ2v) is 7.02. The Morgan fingerprint density at radius 1 is 1.00 bits per heavy atom. The summed E-state index contributed by atoms with van der Waals surface area (Å²) in [6.07, 6.45) is 3.09. The lowest BCUT2D eigenvalue weighted by molar-refractivity contribution is 0.102. The molecular formula is C24H19N3O2. The maximum Gasteiger partial charge on any atom is 0.255 e. The Bertz CT molecular complexity index is 1240. The Labute approximate surface area is 167 Å². The zero-order valence-electron chi connectivity index (χ0n) is 15.5. The van der Waals surface area contributed by atoms with Crippen molar-refractivity contribution in [3.8, 4) is 0 Å². The van der Waals surface area contributed by atoms with Crippen LogP contribution in [0.3, 0.4) is 0 Å². The van der Waals surface area contributed by atoms with Gasteiger partial charge in [0.1, 0.15) is 0 Å². The second kappa shape index (κ2) is 6.96. The van der Waals surface area contributed by atoms with Crippen molar-refractivity contribution in [2.45, 2.75) is 6.23 Å². The lowest BCUT2D eigenvalue weighted by atomic mass is 10.0. The van der Waals surface area contributed by atoms with Crippen molar-refractivity contribution >= 4 is 39.8 Å². The van der Waals surface area contributed by atoms with E-state index in [4.69, 9.17) is 0 Å². The van der Waals surface area contributed by atoms with Crippen molar-refractivity contribution in [3.63, 3.8) is 0 Å². The molecule has 1 aromatic heterocycles. The smallest absolute Gasteiger partial charge is 0.255 e. The van der Waals surface area contributed by atoms with Gasteiger partial charge in [-0.2, -0.15) is 0 Å². The van der Waals surface area contributed by atoms with E-state index in [9.17, 15) is 9.90 Å². The Morgan fingerprint density at radius 2 is 1.79 bits per heavy atom. The fourth-order valence-electron chi connectivity index (χ4n) is 3.68. The van der Waals surface area contributed by atoms with Crippen LogP contribution < -0.4 is 10.6 Å². The number of aliphatic hydroxyl groups is 1. The number of amides is 1.